The fraction of sp³-hybridized carbons (Fsp3) is 1.00. The second-order valence-corrected chi connectivity index (χ2v) is 9.42. The summed E-state index contributed by atoms with van der Waals surface area (Å²) in [6.45, 7) is 0. The van der Waals surface area contributed by atoms with Gasteiger partial charge in [0.05, 0.1) is 15.4 Å². The minimum atomic E-state index is -4.80. The van der Waals surface area contributed by atoms with Gasteiger partial charge in [-0.25, -0.2) is 26.0 Å². The topological polar surface area (TPSA) is 57.2 Å². The predicted molar refractivity (Wildman–Crippen MR) is 74.3 cm³/mol. The molecule has 0 N–H and O–H groups in total. The smallest absolute Gasteiger partial charge is 0.748 e. The summed E-state index contributed by atoms with van der Waals surface area (Å²) in [6, 6.07) is 0. The van der Waals surface area contributed by atoms with Crippen LogP contribution in [0.1, 0.15) is 51.4 Å². The molecule has 0 aliphatic heterocycles. The minimum Gasteiger partial charge on any atom is -0.748 e. The summed E-state index contributed by atoms with van der Waals surface area (Å²) in [5, 5.41) is -1.46. The van der Waals surface area contributed by atoms with Gasteiger partial charge in [0.1, 0.15) is 0 Å². The van der Waals surface area contributed by atoms with Gasteiger partial charge in [-0.2, -0.15) is 0 Å². The molecule has 3 nitrogen and oxygen atoms in total. The van der Waals surface area contributed by atoms with Crippen LogP contribution in [0, 0.1) is 23.2 Å². The summed E-state index contributed by atoms with van der Waals surface area (Å²) in [4.78, 5) is 0. The third-order valence-corrected chi connectivity index (χ3v) is 7.61. The van der Waals surface area contributed by atoms with Gasteiger partial charge >= 0.3 is 41.9 Å². The van der Waals surface area contributed by atoms with Crippen LogP contribution in [-0.4, -0.2) is 30.6 Å². The fourth-order valence-corrected chi connectivity index (χ4v) is 7.07. The SMILES string of the molecule is O=S(=O)([O-])C(CCC(F)(F)C(F)F)C12CC3CC(CC(C3)C1)C2.[Na+]. The Morgan fingerprint density at radius 1 is 1.04 bits per heavy atom. The number of rotatable bonds is 6. The van der Waals surface area contributed by atoms with Gasteiger partial charge in [-0.05, 0) is 68.1 Å². The van der Waals surface area contributed by atoms with Crippen LogP contribution in [0.25, 0.3) is 0 Å². The van der Waals surface area contributed by atoms with Crippen LogP contribution in [0.15, 0.2) is 0 Å². The van der Waals surface area contributed by atoms with Gasteiger partial charge in [-0.1, -0.05) is 0 Å². The van der Waals surface area contributed by atoms with E-state index in [9.17, 15) is 30.5 Å². The Morgan fingerprint density at radius 3 is 1.79 bits per heavy atom. The molecule has 0 spiro atoms. The number of alkyl halides is 4. The zero-order valence-electron chi connectivity index (χ0n) is 13.7. The maximum absolute atomic E-state index is 13.2. The molecule has 0 amide bonds. The maximum atomic E-state index is 13.2. The summed E-state index contributed by atoms with van der Waals surface area (Å²) in [5.41, 5.74) is -0.770. The van der Waals surface area contributed by atoms with Crippen LogP contribution in [-0.2, 0) is 10.1 Å². The second kappa shape index (κ2) is 6.98. The fourth-order valence-electron chi connectivity index (χ4n) is 5.76. The standard InChI is InChI=1S/C15H22F4O3S.Na/c16-13(17)15(18,19)2-1-12(23(20,21)22)14-6-9-3-10(7-14)5-11(4-9)8-14;/h9-13H,1-8H2,(H,20,21,22);/q;+1/p-1. The summed E-state index contributed by atoms with van der Waals surface area (Å²) in [5.74, 6) is -3.20. The first-order chi connectivity index (χ1) is 10.5. The first kappa shape index (κ1) is 20.9. The van der Waals surface area contributed by atoms with E-state index in [-0.39, 0.29) is 29.6 Å². The van der Waals surface area contributed by atoms with Gasteiger partial charge in [-0.3, -0.25) is 0 Å². The van der Waals surface area contributed by atoms with Crippen LogP contribution in [0.2, 0.25) is 0 Å². The summed E-state index contributed by atoms with van der Waals surface area (Å²) in [7, 11) is -4.80. The molecule has 0 heterocycles. The maximum Gasteiger partial charge on any atom is 1.00 e. The third kappa shape index (κ3) is 3.97. The van der Waals surface area contributed by atoms with E-state index in [0.717, 1.165) is 19.3 Å². The molecule has 9 heteroatoms. The van der Waals surface area contributed by atoms with Crippen LogP contribution in [0.3, 0.4) is 0 Å². The van der Waals surface area contributed by atoms with Crippen molar-refractivity contribution >= 4 is 10.1 Å². The van der Waals surface area contributed by atoms with E-state index in [1.54, 1.807) is 0 Å². The normalized spacial score (nSPS) is 36.7. The van der Waals surface area contributed by atoms with Gasteiger partial charge in [0, 0.05) is 6.42 Å². The molecule has 4 aliphatic rings. The van der Waals surface area contributed by atoms with E-state index < -0.39 is 46.0 Å². The van der Waals surface area contributed by atoms with Crippen molar-refractivity contribution in [2.75, 3.05) is 0 Å². The van der Waals surface area contributed by atoms with Crippen LogP contribution in [0.4, 0.5) is 17.6 Å². The van der Waals surface area contributed by atoms with E-state index in [0.29, 0.717) is 37.0 Å². The molecule has 0 aromatic heterocycles. The molecule has 0 saturated heterocycles. The van der Waals surface area contributed by atoms with Crippen molar-refractivity contribution in [2.45, 2.75) is 69.0 Å². The van der Waals surface area contributed by atoms with Gasteiger partial charge in [0.25, 0.3) is 0 Å². The van der Waals surface area contributed by atoms with Crippen molar-refractivity contribution in [2.24, 2.45) is 23.2 Å². The first-order valence-electron chi connectivity index (χ1n) is 8.12. The van der Waals surface area contributed by atoms with Gasteiger partial charge < -0.3 is 4.55 Å². The molecule has 0 radical (unpaired) electrons. The molecule has 4 saturated carbocycles. The quantitative estimate of drug-likeness (QED) is 0.389. The van der Waals surface area contributed by atoms with Gasteiger partial charge in [0.15, 0.2) is 0 Å². The minimum absolute atomic E-state index is 0. The molecule has 0 aromatic rings. The van der Waals surface area contributed by atoms with E-state index in [4.69, 9.17) is 0 Å². The van der Waals surface area contributed by atoms with Crippen LogP contribution >= 0.6 is 0 Å². The molecular formula is C15H21F4NaO3S. The largest absolute Gasteiger partial charge is 1.00 e. The zero-order chi connectivity index (χ0) is 17.0. The van der Waals surface area contributed by atoms with Crippen molar-refractivity contribution in [3.05, 3.63) is 0 Å². The van der Waals surface area contributed by atoms with Crippen molar-refractivity contribution < 1.29 is 60.1 Å². The number of hydrogen-bond acceptors (Lipinski definition) is 3. The molecule has 1 unspecified atom stereocenters. The van der Waals surface area contributed by atoms with Crippen molar-refractivity contribution in [3.8, 4) is 0 Å². The molecular weight excluding hydrogens is 359 g/mol. The monoisotopic (exact) mass is 380 g/mol. The molecule has 4 rings (SSSR count). The van der Waals surface area contributed by atoms with E-state index >= 15 is 0 Å². The zero-order valence-corrected chi connectivity index (χ0v) is 16.5. The average Bonchev–Trinajstić information content (AvgIpc) is 2.34. The Bertz CT molecular complexity index is 532. The van der Waals surface area contributed by atoms with E-state index in [2.05, 4.69) is 0 Å². The summed E-state index contributed by atoms with van der Waals surface area (Å²) >= 11 is 0. The molecule has 24 heavy (non-hydrogen) atoms. The summed E-state index contributed by atoms with van der Waals surface area (Å²) < 4.78 is 86.4. The number of halogens is 4. The summed E-state index contributed by atoms with van der Waals surface area (Å²) in [6.07, 6.45) is -1.04. The first-order valence-corrected chi connectivity index (χ1v) is 9.60. The molecule has 134 valence electrons. The molecule has 4 aliphatic carbocycles. The van der Waals surface area contributed by atoms with Crippen molar-refractivity contribution in [1.82, 2.24) is 0 Å². The van der Waals surface area contributed by atoms with E-state index in [1.165, 1.54) is 0 Å². The van der Waals surface area contributed by atoms with Gasteiger partial charge in [0.2, 0.25) is 0 Å². The predicted octanol–water partition coefficient (Wildman–Crippen LogP) is 0.801. The molecule has 0 aromatic carbocycles. The van der Waals surface area contributed by atoms with Crippen LogP contribution in [0.5, 0.6) is 0 Å². The molecule has 1 atom stereocenters. The Kier molecular flexibility index (Phi) is 6.09. The average molecular weight is 380 g/mol. The second-order valence-electron chi connectivity index (χ2n) is 7.86. The van der Waals surface area contributed by atoms with Crippen molar-refractivity contribution in [1.29, 1.82) is 0 Å². The Balaban J connectivity index is 0.00000208. The number of hydrogen-bond donors (Lipinski definition) is 0. The third-order valence-electron chi connectivity index (χ3n) is 6.18. The molecule has 4 fully saturated rings. The molecule has 4 bridgehead atoms. The van der Waals surface area contributed by atoms with E-state index in [1.807, 2.05) is 0 Å². The van der Waals surface area contributed by atoms with Gasteiger partial charge in [-0.15, -0.1) is 0 Å². The van der Waals surface area contributed by atoms with Crippen molar-refractivity contribution in [3.63, 3.8) is 0 Å². The Hall–Kier alpha value is 0.630. The van der Waals surface area contributed by atoms with Crippen LogP contribution < -0.4 is 29.6 Å². The Morgan fingerprint density at radius 2 is 1.46 bits per heavy atom. The Labute approximate surface area is 162 Å².